The second-order valence-electron chi connectivity index (χ2n) is 8.22. The van der Waals surface area contributed by atoms with Crippen molar-refractivity contribution in [2.75, 3.05) is 13.7 Å². The Labute approximate surface area is 178 Å². The number of amides is 1. The average Bonchev–Trinajstić information content (AvgIpc) is 2.70. The summed E-state index contributed by atoms with van der Waals surface area (Å²) in [6.07, 6.45) is 4.60. The minimum absolute atomic E-state index is 0.398. The lowest BCUT2D eigenvalue weighted by atomic mass is 10.0. The molecule has 30 heavy (non-hydrogen) atoms. The third-order valence-electron chi connectivity index (χ3n) is 4.47. The number of esters is 1. The molecule has 1 fully saturated rings. The van der Waals surface area contributed by atoms with Crippen LogP contribution in [0.15, 0.2) is 42.5 Å². The number of methoxy groups -OCH3 is 1. The zero-order chi connectivity index (χ0) is 22.0. The summed E-state index contributed by atoms with van der Waals surface area (Å²) >= 11 is 0. The molecule has 1 unspecified atom stereocenters. The van der Waals surface area contributed by atoms with E-state index in [-0.39, 0.29) is 0 Å². The third-order valence-corrected chi connectivity index (χ3v) is 4.47. The van der Waals surface area contributed by atoms with Gasteiger partial charge in [0.15, 0.2) is 6.29 Å². The van der Waals surface area contributed by atoms with Gasteiger partial charge in [-0.1, -0.05) is 30.3 Å². The van der Waals surface area contributed by atoms with Crippen molar-refractivity contribution < 1.29 is 28.5 Å². The summed E-state index contributed by atoms with van der Waals surface area (Å²) in [7, 11) is 1.31. The summed E-state index contributed by atoms with van der Waals surface area (Å²) in [5.74, 6) is -0.496. The maximum atomic E-state index is 12.5. The van der Waals surface area contributed by atoms with E-state index in [9.17, 15) is 9.59 Å². The van der Waals surface area contributed by atoms with E-state index in [0.717, 1.165) is 24.8 Å². The molecule has 2 rings (SSSR count). The molecule has 1 saturated heterocycles. The van der Waals surface area contributed by atoms with Crippen LogP contribution >= 0.6 is 0 Å². The Balaban J connectivity index is 2.24. The molecule has 1 aliphatic heterocycles. The van der Waals surface area contributed by atoms with Gasteiger partial charge in [0.05, 0.1) is 19.3 Å². The molecule has 0 saturated carbocycles. The van der Waals surface area contributed by atoms with Crippen LogP contribution in [0.1, 0.15) is 45.6 Å². The molecule has 1 aliphatic rings. The lowest BCUT2D eigenvalue weighted by Crippen LogP contribution is -2.48. The van der Waals surface area contributed by atoms with Crippen LogP contribution in [0, 0.1) is 0 Å². The minimum atomic E-state index is -0.633. The van der Waals surface area contributed by atoms with E-state index in [2.05, 4.69) is 5.32 Å². The highest BCUT2D eigenvalue weighted by molar-refractivity contribution is 5.81. The van der Waals surface area contributed by atoms with Gasteiger partial charge in [0.1, 0.15) is 5.60 Å². The quantitative estimate of drug-likeness (QED) is 0.510. The molecule has 0 aromatic heterocycles. The van der Waals surface area contributed by atoms with Crippen molar-refractivity contribution in [3.8, 4) is 0 Å². The monoisotopic (exact) mass is 419 g/mol. The van der Waals surface area contributed by atoms with Gasteiger partial charge in [-0.2, -0.15) is 0 Å². The summed E-state index contributed by atoms with van der Waals surface area (Å²) in [4.78, 5) is 24.2. The van der Waals surface area contributed by atoms with Gasteiger partial charge in [0.2, 0.25) is 0 Å². The van der Waals surface area contributed by atoms with E-state index >= 15 is 0 Å². The zero-order valence-corrected chi connectivity index (χ0v) is 18.3. The van der Waals surface area contributed by atoms with Crippen LogP contribution in [0.25, 0.3) is 0 Å². The maximum Gasteiger partial charge on any atom is 0.407 e. The van der Waals surface area contributed by atoms with Crippen molar-refractivity contribution in [3.63, 3.8) is 0 Å². The number of carbonyl (C=O) groups excluding carboxylic acids is 2. The maximum absolute atomic E-state index is 12.5. The predicted octanol–water partition coefficient (Wildman–Crippen LogP) is 3.76. The fourth-order valence-electron chi connectivity index (χ4n) is 3.09. The molecule has 1 amide bonds. The van der Waals surface area contributed by atoms with Gasteiger partial charge in [-0.25, -0.2) is 9.59 Å². The van der Waals surface area contributed by atoms with Crippen LogP contribution in [0.3, 0.4) is 0 Å². The van der Waals surface area contributed by atoms with E-state index in [1.54, 1.807) is 26.8 Å². The first-order valence-electron chi connectivity index (χ1n) is 10.3. The molecular formula is C23H33NO6. The molecule has 1 N–H and O–H groups in total. The SMILES string of the molecule is COC(=O)/C=C/[C@@H](OC1CCCCO1)[C@H](Cc1ccccc1)NC(=O)OC(C)(C)C. The standard InChI is InChI=1S/C23H33NO6/c1-23(2,3)30-22(26)24-18(16-17-10-6-5-7-11-17)19(13-14-20(25)27-4)29-21-12-8-9-15-28-21/h5-7,10-11,13-14,18-19,21H,8-9,12,15-16H2,1-4H3,(H,24,26)/b14-13+/t18-,19+,21?/m0/s1. The first-order chi connectivity index (χ1) is 14.3. The van der Waals surface area contributed by atoms with E-state index in [0.29, 0.717) is 13.0 Å². The molecular weight excluding hydrogens is 386 g/mol. The predicted molar refractivity (Wildman–Crippen MR) is 113 cm³/mol. The lowest BCUT2D eigenvalue weighted by molar-refractivity contribution is -0.183. The zero-order valence-electron chi connectivity index (χ0n) is 18.3. The molecule has 0 spiro atoms. The average molecular weight is 420 g/mol. The molecule has 3 atom stereocenters. The van der Waals surface area contributed by atoms with Crippen molar-refractivity contribution in [3.05, 3.63) is 48.0 Å². The van der Waals surface area contributed by atoms with Gasteiger partial charge in [-0.05, 0) is 58.1 Å². The molecule has 1 heterocycles. The van der Waals surface area contributed by atoms with Crippen molar-refractivity contribution in [2.24, 2.45) is 0 Å². The Bertz CT molecular complexity index is 691. The first kappa shape index (κ1) is 23.9. The van der Waals surface area contributed by atoms with Crippen molar-refractivity contribution in [1.29, 1.82) is 0 Å². The number of rotatable bonds is 8. The van der Waals surface area contributed by atoms with E-state index < -0.39 is 36.1 Å². The highest BCUT2D eigenvalue weighted by atomic mass is 16.7. The highest BCUT2D eigenvalue weighted by Gasteiger charge is 2.29. The molecule has 7 nitrogen and oxygen atoms in total. The fraction of sp³-hybridized carbons (Fsp3) is 0.565. The first-order valence-corrected chi connectivity index (χ1v) is 10.3. The topological polar surface area (TPSA) is 83.1 Å². The second-order valence-corrected chi connectivity index (χ2v) is 8.22. The van der Waals surface area contributed by atoms with Crippen molar-refractivity contribution in [1.82, 2.24) is 5.32 Å². The molecule has 0 bridgehead atoms. The van der Waals surface area contributed by atoms with Gasteiger partial charge >= 0.3 is 12.1 Å². The Kier molecular flexibility index (Phi) is 9.33. The molecule has 1 aromatic rings. The summed E-state index contributed by atoms with van der Waals surface area (Å²) in [5, 5.41) is 2.91. The summed E-state index contributed by atoms with van der Waals surface area (Å²) in [6, 6.07) is 9.27. The van der Waals surface area contributed by atoms with Crippen LogP contribution in [0.2, 0.25) is 0 Å². The van der Waals surface area contributed by atoms with Crippen molar-refractivity contribution >= 4 is 12.1 Å². The van der Waals surface area contributed by atoms with Gasteiger partial charge in [-0.15, -0.1) is 0 Å². The number of hydrogen-bond donors (Lipinski definition) is 1. The molecule has 0 radical (unpaired) electrons. The van der Waals surface area contributed by atoms with Crippen LogP contribution in [0.4, 0.5) is 4.79 Å². The number of nitrogens with one attached hydrogen (secondary N) is 1. The highest BCUT2D eigenvalue weighted by Crippen LogP contribution is 2.20. The molecule has 166 valence electrons. The summed E-state index contributed by atoms with van der Waals surface area (Å²) < 4.78 is 22.0. The largest absolute Gasteiger partial charge is 0.466 e. The number of ether oxygens (including phenoxy) is 4. The van der Waals surface area contributed by atoms with Crippen LogP contribution in [0.5, 0.6) is 0 Å². The van der Waals surface area contributed by atoms with Crippen LogP contribution in [-0.2, 0) is 30.2 Å². The Morgan fingerprint density at radius 1 is 1.23 bits per heavy atom. The minimum Gasteiger partial charge on any atom is -0.466 e. The molecule has 0 aliphatic carbocycles. The summed E-state index contributed by atoms with van der Waals surface area (Å²) in [6.45, 7) is 6.04. The number of alkyl carbamates (subject to hydrolysis) is 1. The van der Waals surface area contributed by atoms with Gasteiger partial charge in [0, 0.05) is 12.7 Å². The van der Waals surface area contributed by atoms with E-state index in [1.807, 2.05) is 30.3 Å². The fourth-order valence-corrected chi connectivity index (χ4v) is 3.09. The summed E-state index contributed by atoms with van der Waals surface area (Å²) in [5.41, 5.74) is 0.384. The molecule has 7 heteroatoms. The Morgan fingerprint density at radius 2 is 1.97 bits per heavy atom. The van der Waals surface area contributed by atoms with Gasteiger partial charge in [0.25, 0.3) is 0 Å². The Morgan fingerprint density at radius 3 is 2.57 bits per heavy atom. The second kappa shape index (κ2) is 11.7. The third kappa shape index (κ3) is 8.97. The van der Waals surface area contributed by atoms with Crippen LogP contribution < -0.4 is 5.32 Å². The van der Waals surface area contributed by atoms with Crippen LogP contribution in [-0.4, -0.2) is 49.8 Å². The lowest BCUT2D eigenvalue weighted by Gasteiger charge is -2.32. The smallest absolute Gasteiger partial charge is 0.407 e. The number of hydrogen-bond acceptors (Lipinski definition) is 6. The van der Waals surface area contributed by atoms with Gasteiger partial charge in [-0.3, -0.25) is 0 Å². The van der Waals surface area contributed by atoms with Gasteiger partial charge < -0.3 is 24.3 Å². The van der Waals surface area contributed by atoms with Crippen molar-refractivity contribution in [2.45, 2.75) is 70.5 Å². The number of benzene rings is 1. The molecule has 1 aromatic carbocycles. The van der Waals surface area contributed by atoms with E-state index in [1.165, 1.54) is 13.2 Å². The van der Waals surface area contributed by atoms with E-state index in [4.69, 9.17) is 18.9 Å². The normalized spacial score (nSPS) is 19.1. The Hall–Kier alpha value is -2.38. The number of carbonyl (C=O) groups is 2.